The summed E-state index contributed by atoms with van der Waals surface area (Å²) in [5.41, 5.74) is 0. The monoisotopic (exact) mass is 242 g/mol. The van der Waals surface area contributed by atoms with Gasteiger partial charge in [0.15, 0.2) is 5.17 Å². The highest BCUT2D eigenvalue weighted by molar-refractivity contribution is 8.13. The average molecular weight is 242 g/mol. The first-order valence-electron chi connectivity index (χ1n) is 6.01. The number of carbonyl (C=O) groups is 1. The van der Waals surface area contributed by atoms with Crippen molar-refractivity contribution in [2.45, 2.75) is 46.6 Å². The predicted molar refractivity (Wildman–Crippen MR) is 70.8 cm³/mol. The summed E-state index contributed by atoms with van der Waals surface area (Å²) in [7, 11) is 0. The molecule has 0 saturated carbocycles. The smallest absolute Gasteiger partial charge is 0.229 e. The van der Waals surface area contributed by atoms with Gasteiger partial charge in [-0.3, -0.25) is 14.7 Å². The molecule has 1 fully saturated rings. The normalized spacial score (nSPS) is 20.2. The van der Waals surface area contributed by atoms with Gasteiger partial charge in [0.25, 0.3) is 0 Å². The first-order chi connectivity index (χ1) is 7.52. The molecule has 4 heteroatoms. The zero-order valence-corrected chi connectivity index (χ0v) is 11.5. The molecule has 0 aromatic heterocycles. The molecule has 3 nitrogen and oxygen atoms in total. The second-order valence-corrected chi connectivity index (χ2v) is 5.86. The Labute approximate surface area is 103 Å². The molecule has 0 radical (unpaired) electrons. The Morgan fingerprint density at radius 2 is 2.06 bits per heavy atom. The van der Waals surface area contributed by atoms with Gasteiger partial charge in [0.2, 0.25) is 5.91 Å². The van der Waals surface area contributed by atoms with E-state index in [0.29, 0.717) is 12.3 Å². The van der Waals surface area contributed by atoms with Gasteiger partial charge in [0.1, 0.15) is 0 Å². The zero-order valence-electron chi connectivity index (χ0n) is 10.7. The number of thioether (sulfide) groups is 1. The van der Waals surface area contributed by atoms with Crippen LogP contribution in [0.25, 0.3) is 0 Å². The molecule has 0 bridgehead atoms. The highest BCUT2D eigenvalue weighted by atomic mass is 32.2. The highest BCUT2D eigenvalue weighted by Crippen LogP contribution is 2.21. The van der Waals surface area contributed by atoms with Crippen molar-refractivity contribution in [1.82, 2.24) is 4.90 Å². The Hall–Kier alpha value is -0.510. The molecule has 1 aliphatic heterocycles. The second-order valence-electron chi connectivity index (χ2n) is 4.80. The highest BCUT2D eigenvalue weighted by Gasteiger charge is 2.26. The van der Waals surface area contributed by atoms with Crippen LogP contribution in [0.2, 0.25) is 0 Å². The van der Waals surface area contributed by atoms with Crippen LogP contribution in [0.4, 0.5) is 0 Å². The van der Waals surface area contributed by atoms with Gasteiger partial charge < -0.3 is 0 Å². The number of hydrogen-bond acceptors (Lipinski definition) is 3. The summed E-state index contributed by atoms with van der Waals surface area (Å²) in [5, 5.41) is 0.923. The van der Waals surface area contributed by atoms with Crippen LogP contribution in [0, 0.1) is 5.92 Å². The third-order valence-electron chi connectivity index (χ3n) is 2.49. The maximum Gasteiger partial charge on any atom is 0.229 e. The molecule has 0 atom stereocenters. The Balaban J connectivity index is 2.64. The minimum absolute atomic E-state index is 0.219. The number of hydrogen-bond donors (Lipinski definition) is 0. The summed E-state index contributed by atoms with van der Waals surface area (Å²) in [5.74, 6) is 1.76. The van der Waals surface area contributed by atoms with Crippen LogP contribution in [0.1, 0.15) is 40.5 Å². The number of carbonyl (C=O) groups excluding carboxylic acids is 1. The molecule has 0 aromatic rings. The zero-order chi connectivity index (χ0) is 12.1. The number of nitrogens with zero attached hydrogens (tertiary/aromatic N) is 2. The largest absolute Gasteiger partial charge is 0.289 e. The molecule has 1 aliphatic rings. The Morgan fingerprint density at radius 3 is 2.62 bits per heavy atom. The molecule has 0 unspecified atom stereocenters. The van der Waals surface area contributed by atoms with Gasteiger partial charge in [-0.15, -0.1) is 0 Å². The molecule has 0 N–H and O–H groups in total. The molecule has 16 heavy (non-hydrogen) atoms. The predicted octanol–water partition coefficient (Wildman–Crippen LogP) is 2.76. The van der Waals surface area contributed by atoms with Crippen LogP contribution in [0.15, 0.2) is 4.99 Å². The lowest BCUT2D eigenvalue weighted by atomic mass is 10.1. The minimum atomic E-state index is 0.219. The van der Waals surface area contributed by atoms with E-state index in [-0.39, 0.29) is 11.9 Å². The summed E-state index contributed by atoms with van der Waals surface area (Å²) in [6, 6.07) is 0.220. The molecule has 0 aromatic carbocycles. The molecule has 1 heterocycles. The van der Waals surface area contributed by atoms with Gasteiger partial charge in [-0.05, 0) is 26.2 Å². The lowest BCUT2D eigenvalue weighted by molar-refractivity contribution is -0.128. The van der Waals surface area contributed by atoms with Crippen molar-refractivity contribution in [1.29, 1.82) is 0 Å². The fraction of sp³-hybridized carbons (Fsp3) is 0.833. The molecule has 0 aliphatic carbocycles. The molecule has 92 valence electrons. The number of amidine groups is 1. The molecule has 1 amide bonds. The van der Waals surface area contributed by atoms with Gasteiger partial charge in [-0.1, -0.05) is 25.6 Å². The average Bonchev–Trinajstić information content (AvgIpc) is 2.16. The minimum Gasteiger partial charge on any atom is -0.289 e. The van der Waals surface area contributed by atoms with Crippen molar-refractivity contribution in [3.8, 4) is 0 Å². The maximum absolute atomic E-state index is 11.8. The van der Waals surface area contributed by atoms with Crippen molar-refractivity contribution < 1.29 is 4.79 Å². The third-order valence-corrected chi connectivity index (χ3v) is 3.48. The standard InChI is InChI=1S/C12H22N2OS/c1-9(2)5-7-13-12-14(10(3)4)11(15)6-8-16-12/h9-10H,5-8H2,1-4H3/b13-12-. The van der Waals surface area contributed by atoms with E-state index in [4.69, 9.17) is 0 Å². The second kappa shape index (κ2) is 6.28. The lowest BCUT2D eigenvalue weighted by Gasteiger charge is -2.31. The van der Waals surface area contributed by atoms with E-state index in [9.17, 15) is 4.79 Å². The van der Waals surface area contributed by atoms with Crippen LogP contribution in [-0.2, 0) is 4.79 Å². The van der Waals surface area contributed by atoms with E-state index in [1.807, 2.05) is 18.7 Å². The van der Waals surface area contributed by atoms with Crippen molar-refractivity contribution >= 4 is 22.8 Å². The Kier molecular flexibility index (Phi) is 5.32. The van der Waals surface area contributed by atoms with Gasteiger partial charge in [-0.25, -0.2) is 0 Å². The van der Waals surface area contributed by atoms with E-state index in [2.05, 4.69) is 18.8 Å². The fourth-order valence-electron chi connectivity index (χ4n) is 1.58. The van der Waals surface area contributed by atoms with Crippen molar-refractivity contribution in [2.24, 2.45) is 10.9 Å². The maximum atomic E-state index is 11.8. The van der Waals surface area contributed by atoms with Crippen LogP contribution < -0.4 is 0 Å². The number of rotatable bonds is 4. The van der Waals surface area contributed by atoms with Gasteiger partial charge in [0.05, 0.1) is 0 Å². The molecule has 1 rings (SSSR count). The topological polar surface area (TPSA) is 32.7 Å². The summed E-state index contributed by atoms with van der Waals surface area (Å²) in [6.07, 6.45) is 1.73. The van der Waals surface area contributed by atoms with Gasteiger partial charge >= 0.3 is 0 Å². The van der Waals surface area contributed by atoms with Crippen LogP contribution in [-0.4, -0.2) is 34.3 Å². The summed E-state index contributed by atoms with van der Waals surface area (Å²) >= 11 is 1.71. The van der Waals surface area contributed by atoms with Crippen molar-refractivity contribution in [2.75, 3.05) is 12.3 Å². The first-order valence-corrected chi connectivity index (χ1v) is 7.00. The fourth-order valence-corrected chi connectivity index (χ4v) is 2.67. The van der Waals surface area contributed by atoms with E-state index in [1.165, 1.54) is 0 Å². The van der Waals surface area contributed by atoms with Crippen molar-refractivity contribution in [3.05, 3.63) is 0 Å². The first kappa shape index (κ1) is 13.6. The molecular weight excluding hydrogens is 220 g/mol. The summed E-state index contributed by atoms with van der Waals surface area (Å²) < 4.78 is 0. The lowest BCUT2D eigenvalue weighted by Crippen LogP contribution is -2.43. The van der Waals surface area contributed by atoms with E-state index < -0.39 is 0 Å². The summed E-state index contributed by atoms with van der Waals surface area (Å²) in [6.45, 7) is 9.30. The van der Waals surface area contributed by atoms with Gasteiger partial charge in [-0.2, -0.15) is 0 Å². The molecular formula is C12H22N2OS. The van der Waals surface area contributed by atoms with Crippen molar-refractivity contribution in [3.63, 3.8) is 0 Å². The third kappa shape index (κ3) is 3.81. The SMILES string of the molecule is CC(C)CC/N=C1\SCCC(=O)N1C(C)C. The van der Waals surface area contributed by atoms with Crippen LogP contribution >= 0.6 is 11.8 Å². The van der Waals surface area contributed by atoms with E-state index >= 15 is 0 Å². The Morgan fingerprint density at radius 1 is 1.38 bits per heavy atom. The quantitative estimate of drug-likeness (QED) is 0.759. The Bertz CT molecular complexity index is 274. The van der Waals surface area contributed by atoms with Gasteiger partial charge in [0, 0.05) is 24.8 Å². The van der Waals surface area contributed by atoms with E-state index in [0.717, 1.165) is 23.9 Å². The number of aliphatic imine (C=N–C) groups is 1. The molecule has 0 spiro atoms. The molecule has 1 saturated heterocycles. The summed E-state index contributed by atoms with van der Waals surface area (Å²) in [4.78, 5) is 18.2. The van der Waals surface area contributed by atoms with E-state index in [1.54, 1.807) is 11.8 Å². The van der Waals surface area contributed by atoms with Crippen LogP contribution in [0.5, 0.6) is 0 Å². The number of amides is 1. The van der Waals surface area contributed by atoms with Crippen LogP contribution in [0.3, 0.4) is 0 Å².